The Morgan fingerprint density at radius 3 is 2.48 bits per heavy atom. The number of hydrogen-bond acceptors (Lipinski definition) is 8. The summed E-state index contributed by atoms with van der Waals surface area (Å²) in [6.45, 7) is 1.44. The summed E-state index contributed by atoms with van der Waals surface area (Å²) in [6.07, 6.45) is 0.962. The molecular weight excluding hydrogens is 392 g/mol. The molecule has 2 aromatic carbocycles. The third kappa shape index (κ3) is 3.40. The van der Waals surface area contributed by atoms with Crippen LogP contribution in [0.3, 0.4) is 0 Å². The summed E-state index contributed by atoms with van der Waals surface area (Å²) in [4.78, 5) is 29.6. The SMILES string of the molecule is CSc1nnc2c(n1)O[C@H](c1ccc(C(=O)[O-])cc1)N(C(C)=O)c1ccccc1-2. The molecule has 0 bridgehead atoms. The minimum Gasteiger partial charge on any atom is -0.545 e. The second-order valence-electron chi connectivity index (χ2n) is 6.24. The van der Waals surface area contributed by atoms with Gasteiger partial charge in [-0.25, -0.2) is 0 Å². The number of carboxylic acids is 1. The van der Waals surface area contributed by atoms with E-state index in [1.807, 2.05) is 24.5 Å². The van der Waals surface area contributed by atoms with E-state index in [1.54, 1.807) is 18.2 Å². The summed E-state index contributed by atoms with van der Waals surface area (Å²) < 4.78 is 6.16. The standard InChI is InChI=1S/C20H16N4O4S/c1-11(25)24-15-6-4-3-5-14(15)16-17(21-20(29-2)23-22-16)28-18(24)12-7-9-13(10-8-12)19(26)27/h3-10,18H,1-2H3,(H,26,27)/p-1/t18-/m1/s1. The van der Waals surface area contributed by atoms with Crippen LogP contribution in [0.5, 0.6) is 5.88 Å². The highest BCUT2D eigenvalue weighted by molar-refractivity contribution is 7.98. The number of ether oxygens (including phenoxy) is 1. The van der Waals surface area contributed by atoms with Crippen LogP contribution in [0.25, 0.3) is 11.3 Å². The van der Waals surface area contributed by atoms with Gasteiger partial charge in [0.1, 0.15) is 0 Å². The second kappa shape index (κ2) is 7.51. The molecule has 4 rings (SSSR count). The molecule has 1 aromatic heterocycles. The van der Waals surface area contributed by atoms with E-state index in [9.17, 15) is 14.7 Å². The van der Waals surface area contributed by atoms with Crippen LogP contribution in [-0.2, 0) is 4.79 Å². The van der Waals surface area contributed by atoms with Gasteiger partial charge in [0.2, 0.25) is 23.2 Å². The van der Waals surface area contributed by atoms with E-state index in [0.29, 0.717) is 27.7 Å². The first kappa shape index (κ1) is 18.9. The lowest BCUT2D eigenvalue weighted by Gasteiger charge is -2.30. The van der Waals surface area contributed by atoms with Gasteiger partial charge >= 0.3 is 0 Å². The Morgan fingerprint density at radius 2 is 1.83 bits per heavy atom. The van der Waals surface area contributed by atoms with E-state index in [1.165, 1.54) is 35.7 Å². The van der Waals surface area contributed by atoms with Crippen LogP contribution < -0.4 is 14.7 Å². The minimum absolute atomic E-state index is 0.0335. The lowest BCUT2D eigenvalue weighted by Crippen LogP contribution is -2.36. The largest absolute Gasteiger partial charge is 0.545 e. The number of carboxylic acid groups (broad SMARTS) is 1. The fraction of sp³-hybridized carbons (Fsp3) is 0.150. The van der Waals surface area contributed by atoms with Gasteiger partial charge in [-0.1, -0.05) is 54.2 Å². The highest BCUT2D eigenvalue weighted by atomic mass is 32.2. The quantitative estimate of drug-likeness (QED) is 0.607. The lowest BCUT2D eigenvalue weighted by molar-refractivity contribution is -0.255. The number of para-hydroxylation sites is 1. The normalized spacial score (nSPS) is 15.0. The van der Waals surface area contributed by atoms with Gasteiger partial charge in [0, 0.05) is 18.1 Å². The topological polar surface area (TPSA) is 108 Å². The van der Waals surface area contributed by atoms with E-state index in [4.69, 9.17) is 4.74 Å². The fourth-order valence-electron chi connectivity index (χ4n) is 3.14. The molecule has 1 aliphatic heterocycles. The molecular formula is C20H15N4O4S-. The summed E-state index contributed by atoms with van der Waals surface area (Å²) >= 11 is 1.32. The summed E-state index contributed by atoms with van der Waals surface area (Å²) in [5, 5.41) is 19.9. The zero-order valence-corrected chi connectivity index (χ0v) is 16.3. The third-order valence-electron chi connectivity index (χ3n) is 4.47. The summed E-state index contributed by atoms with van der Waals surface area (Å²) in [5.74, 6) is -1.29. The molecule has 2 heterocycles. The van der Waals surface area contributed by atoms with Gasteiger partial charge in [0.05, 0.1) is 11.7 Å². The van der Waals surface area contributed by atoms with Crippen LogP contribution in [0.1, 0.15) is 29.1 Å². The molecule has 0 radical (unpaired) electrons. The second-order valence-corrected chi connectivity index (χ2v) is 7.01. The average molecular weight is 407 g/mol. The van der Waals surface area contributed by atoms with Crippen molar-refractivity contribution >= 4 is 29.3 Å². The molecule has 146 valence electrons. The van der Waals surface area contributed by atoms with Gasteiger partial charge in [0.25, 0.3) is 0 Å². The number of aromatic nitrogens is 3. The highest BCUT2D eigenvalue weighted by Gasteiger charge is 2.34. The van der Waals surface area contributed by atoms with Crippen molar-refractivity contribution in [2.45, 2.75) is 18.3 Å². The molecule has 1 aliphatic rings. The van der Waals surface area contributed by atoms with Crippen LogP contribution >= 0.6 is 11.8 Å². The monoisotopic (exact) mass is 407 g/mol. The maximum atomic E-state index is 12.6. The molecule has 0 spiro atoms. The van der Waals surface area contributed by atoms with Crippen molar-refractivity contribution in [2.75, 3.05) is 11.2 Å². The predicted octanol–water partition coefficient (Wildman–Crippen LogP) is 2.07. The number of hydrogen-bond donors (Lipinski definition) is 0. The Kier molecular flexibility index (Phi) is 4.89. The first-order valence-electron chi connectivity index (χ1n) is 8.65. The van der Waals surface area contributed by atoms with E-state index in [2.05, 4.69) is 15.2 Å². The molecule has 8 nitrogen and oxygen atoms in total. The molecule has 0 saturated carbocycles. The van der Waals surface area contributed by atoms with Gasteiger partial charge in [-0.3, -0.25) is 9.69 Å². The molecule has 0 unspecified atom stereocenters. The highest BCUT2D eigenvalue weighted by Crippen LogP contribution is 2.43. The van der Waals surface area contributed by atoms with Crippen molar-refractivity contribution in [3.8, 4) is 17.1 Å². The van der Waals surface area contributed by atoms with Crippen molar-refractivity contribution in [1.82, 2.24) is 15.2 Å². The van der Waals surface area contributed by atoms with Gasteiger partial charge in [0.15, 0.2) is 5.69 Å². The zero-order chi connectivity index (χ0) is 20.5. The van der Waals surface area contributed by atoms with Crippen LogP contribution in [0.4, 0.5) is 5.69 Å². The van der Waals surface area contributed by atoms with E-state index in [-0.39, 0.29) is 17.4 Å². The minimum atomic E-state index is -1.28. The average Bonchev–Trinajstić information content (AvgIpc) is 2.87. The maximum Gasteiger partial charge on any atom is 0.247 e. The van der Waals surface area contributed by atoms with Crippen LogP contribution in [0, 0.1) is 0 Å². The van der Waals surface area contributed by atoms with Crippen molar-refractivity contribution in [2.24, 2.45) is 0 Å². The first-order valence-corrected chi connectivity index (χ1v) is 9.88. The number of benzene rings is 2. The Bertz CT molecular complexity index is 1100. The molecule has 3 aromatic rings. The van der Waals surface area contributed by atoms with Gasteiger partial charge in [-0.15, -0.1) is 10.2 Å². The molecule has 0 fully saturated rings. The number of aromatic carboxylic acids is 1. The molecule has 0 N–H and O–H groups in total. The third-order valence-corrected chi connectivity index (χ3v) is 5.00. The fourth-order valence-corrected chi connectivity index (χ4v) is 3.44. The Balaban J connectivity index is 1.92. The Morgan fingerprint density at radius 1 is 1.10 bits per heavy atom. The molecule has 9 heteroatoms. The van der Waals surface area contributed by atoms with E-state index in [0.717, 1.165) is 0 Å². The van der Waals surface area contributed by atoms with E-state index < -0.39 is 12.2 Å². The molecule has 0 aliphatic carbocycles. The van der Waals surface area contributed by atoms with Crippen LogP contribution in [-0.4, -0.2) is 33.3 Å². The molecule has 1 atom stereocenters. The lowest BCUT2D eigenvalue weighted by atomic mass is 10.1. The number of fused-ring (bicyclic) bond motifs is 3. The predicted molar refractivity (Wildman–Crippen MR) is 104 cm³/mol. The number of nitrogens with zero attached hydrogens (tertiary/aromatic N) is 4. The Labute approximate surface area is 170 Å². The first-order chi connectivity index (χ1) is 14.0. The van der Waals surface area contributed by atoms with Crippen molar-refractivity contribution in [1.29, 1.82) is 0 Å². The Hall–Kier alpha value is -3.46. The number of anilines is 1. The van der Waals surface area contributed by atoms with E-state index >= 15 is 0 Å². The van der Waals surface area contributed by atoms with Gasteiger partial charge in [-0.05, 0) is 17.9 Å². The van der Waals surface area contributed by atoms with Gasteiger partial charge in [-0.2, -0.15) is 4.98 Å². The number of thioether (sulfide) groups is 1. The van der Waals surface area contributed by atoms with Crippen molar-refractivity contribution in [3.63, 3.8) is 0 Å². The zero-order valence-electron chi connectivity index (χ0n) is 15.5. The number of amides is 1. The maximum absolute atomic E-state index is 12.6. The summed E-state index contributed by atoms with van der Waals surface area (Å²) in [5.41, 5.74) is 2.31. The number of rotatable bonds is 3. The summed E-state index contributed by atoms with van der Waals surface area (Å²) in [6, 6.07) is 13.3. The van der Waals surface area contributed by atoms with Crippen LogP contribution in [0.2, 0.25) is 0 Å². The van der Waals surface area contributed by atoms with Crippen molar-refractivity contribution < 1.29 is 19.4 Å². The van der Waals surface area contributed by atoms with Crippen LogP contribution in [0.15, 0.2) is 53.7 Å². The van der Waals surface area contributed by atoms with Gasteiger partial charge < -0.3 is 14.6 Å². The number of carbonyl (C=O) groups excluding carboxylic acids is 2. The number of carbonyl (C=O) groups is 2. The molecule has 29 heavy (non-hydrogen) atoms. The van der Waals surface area contributed by atoms with Crippen molar-refractivity contribution in [3.05, 3.63) is 59.7 Å². The molecule has 0 saturated heterocycles. The smallest absolute Gasteiger partial charge is 0.247 e. The molecule has 1 amide bonds. The summed E-state index contributed by atoms with van der Waals surface area (Å²) in [7, 11) is 0.